The average molecular weight is 525 g/mol. The van der Waals surface area contributed by atoms with E-state index in [1.165, 1.54) is 30.4 Å². The summed E-state index contributed by atoms with van der Waals surface area (Å²) < 4.78 is 26.2. The summed E-state index contributed by atoms with van der Waals surface area (Å²) in [6, 6.07) is 4.93. The molecule has 202 valence electrons. The van der Waals surface area contributed by atoms with E-state index in [2.05, 4.69) is 14.9 Å². The molecule has 0 bridgehead atoms. The highest BCUT2D eigenvalue weighted by Gasteiger charge is 2.21. The molecule has 1 aliphatic carbocycles. The molecule has 1 aliphatic heterocycles. The quantitative estimate of drug-likeness (QED) is 0.339. The minimum atomic E-state index is -1.36. The van der Waals surface area contributed by atoms with Gasteiger partial charge in [0.2, 0.25) is 0 Å². The molecule has 0 spiro atoms. The summed E-state index contributed by atoms with van der Waals surface area (Å²) in [5.74, 6) is -0.107. The number of rotatable bonds is 6. The highest BCUT2D eigenvalue weighted by Crippen LogP contribution is 2.29. The Kier molecular flexibility index (Phi) is 12.6. The summed E-state index contributed by atoms with van der Waals surface area (Å²) in [6.07, 6.45) is 15.9. The smallest absolute Gasteiger partial charge is 0.250 e. The maximum absolute atomic E-state index is 13.9. The fourth-order valence-corrected chi connectivity index (χ4v) is 3.67. The van der Waals surface area contributed by atoms with Gasteiger partial charge in [-0.25, -0.2) is 18.7 Å². The molecule has 4 rings (SSSR count). The molecule has 2 aromatic rings. The second kappa shape index (κ2) is 15.9. The van der Waals surface area contributed by atoms with E-state index in [1.54, 1.807) is 18.2 Å². The number of amides is 1. The minimum Gasteiger partial charge on any atom is -0.516 e. The van der Waals surface area contributed by atoms with Gasteiger partial charge >= 0.3 is 0 Å². The lowest BCUT2D eigenvalue weighted by molar-refractivity contribution is -0.126. The van der Waals surface area contributed by atoms with E-state index < -0.39 is 17.8 Å². The molecule has 1 saturated heterocycles. The molecule has 1 fully saturated rings. The number of carbonyl (C=O) groups is 1. The molecule has 4 N–H and O–H groups in total. The van der Waals surface area contributed by atoms with E-state index in [0.29, 0.717) is 17.8 Å². The number of nitrogens with zero attached hydrogens (tertiary/aromatic N) is 3. The zero-order valence-electron chi connectivity index (χ0n) is 21.6. The molecule has 2 aliphatic rings. The first kappa shape index (κ1) is 30.1. The van der Waals surface area contributed by atoms with Gasteiger partial charge in [-0.15, -0.1) is 0 Å². The first-order chi connectivity index (χ1) is 18.4. The number of hydrogen-bond donors (Lipinski definition) is 3. The lowest BCUT2D eigenvalue weighted by Crippen LogP contribution is -2.21. The van der Waals surface area contributed by atoms with Crippen LogP contribution in [0.1, 0.15) is 55.4 Å². The zero-order valence-corrected chi connectivity index (χ0v) is 21.6. The Morgan fingerprint density at radius 2 is 1.71 bits per heavy atom. The Morgan fingerprint density at radius 3 is 2.34 bits per heavy atom. The fraction of sp³-hybridized carbons (Fsp3) is 0.276. The van der Waals surface area contributed by atoms with Crippen LogP contribution < -0.4 is 10.6 Å². The Balaban J connectivity index is 0.000000305. The van der Waals surface area contributed by atoms with Gasteiger partial charge in [-0.1, -0.05) is 50.3 Å². The molecule has 2 heterocycles. The van der Waals surface area contributed by atoms with Crippen molar-refractivity contribution in [1.82, 2.24) is 9.97 Å². The van der Waals surface area contributed by atoms with Gasteiger partial charge in [0.15, 0.2) is 11.9 Å². The van der Waals surface area contributed by atoms with Crippen molar-refractivity contribution in [3.8, 4) is 0 Å². The summed E-state index contributed by atoms with van der Waals surface area (Å²) in [4.78, 5) is 21.9. The predicted molar refractivity (Wildman–Crippen MR) is 147 cm³/mol. The van der Waals surface area contributed by atoms with Crippen LogP contribution in [0.4, 0.5) is 14.6 Å². The van der Waals surface area contributed by atoms with Gasteiger partial charge < -0.3 is 20.8 Å². The standard InChI is InChI=1S/C19H20FN3O.C8H8FNO2.C2H6/c20-15-8-7-9-17-16(14-15)19(23-11-4-5-12-23)22-18(21-17)10-3-1-2-6-13-24;9-6-3-1-5(2-4-6)7(11)8(10)12;1-2/h1-3,6-8,10,13-14,24H,4-5,9,11-12H2;1-4,7,11H,(H2,10,12);1-2H3/b2-1-,10-3+,13-6+;;. The molecule has 9 heteroatoms. The number of aliphatic hydroxyl groups is 2. The van der Waals surface area contributed by atoms with Gasteiger partial charge in [0.25, 0.3) is 5.91 Å². The van der Waals surface area contributed by atoms with Gasteiger partial charge in [0.05, 0.1) is 12.0 Å². The van der Waals surface area contributed by atoms with Gasteiger partial charge in [-0.2, -0.15) is 0 Å². The SMILES string of the molecule is CC.NC(=O)C(O)c1ccc(F)cc1.O/C=C/C=C\C=C\c1nc2c(c(N3CCCC3)n1)C=C(F)C=CC2. The summed E-state index contributed by atoms with van der Waals surface area (Å²) >= 11 is 0. The molecule has 1 atom stereocenters. The number of benzene rings is 1. The van der Waals surface area contributed by atoms with Crippen molar-refractivity contribution in [2.45, 2.75) is 39.2 Å². The number of aliphatic hydroxyl groups excluding tert-OH is 2. The van der Waals surface area contributed by atoms with Crippen LogP contribution in [0.2, 0.25) is 0 Å². The third kappa shape index (κ3) is 9.08. The van der Waals surface area contributed by atoms with E-state index in [9.17, 15) is 13.6 Å². The highest BCUT2D eigenvalue weighted by molar-refractivity contribution is 5.80. The third-order valence-corrected chi connectivity index (χ3v) is 5.42. The van der Waals surface area contributed by atoms with E-state index in [0.717, 1.165) is 61.4 Å². The molecular weight excluding hydrogens is 490 g/mol. The fourth-order valence-electron chi connectivity index (χ4n) is 3.67. The first-order valence-corrected chi connectivity index (χ1v) is 12.5. The molecule has 38 heavy (non-hydrogen) atoms. The zero-order chi connectivity index (χ0) is 27.9. The second-order valence-corrected chi connectivity index (χ2v) is 8.04. The van der Waals surface area contributed by atoms with Crippen molar-refractivity contribution in [1.29, 1.82) is 0 Å². The lowest BCUT2D eigenvalue weighted by atomic mass is 10.1. The number of hydrogen-bond acceptors (Lipinski definition) is 6. The van der Waals surface area contributed by atoms with Crippen molar-refractivity contribution in [3.63, 3.8) is 0 Å². The van der Waals surface area contributed by atoms with Crippen molar-refractivity contribution in [2.24, 2.45) is 5.73 Å². The molecule has 0 saturated carbocycles. The van der Waals surface area contributed by atoms with Crippen molar-refractivity contribution < 1.29 is 23.8 Å². The van der Waals surface area contributed by atoms with Crippen LogP contribution in [0.15, 0.2) is 72.8 Å². The van der Waals surface area contributed by atoms with Crippen molar-refractivity contribution in [2.75, 3.05) is 18.0 Å². The third-order valence-electron chi connectivity index (χ3n) is 5.42. The van der Waals surface area contributed by atoms with E-state index in [1.807, 2.05) is 26.0 Å². The number of anilines is 1. The number of halogens is 2. The Hall–Kier alpha value is -4.11. The number of allylic oxidation sites excluding steroid dienone is 7. The monoisotopic (exact) mass is 524 g/mol. The molecular formula is C29H34F2N4O3. The van der Waals surface area contributed by atoms with Crippen LogP contribution in [0.25, 0.3) is 12.2 Å². The minimum absolute atomic E-state index is 0.264. The number of nitrogens with two attached hydrogens (primary N) is 1. The average Bonchev–Trinajstić information content (AvgIpc) is 3.39. The Labute approximate surface area is 222 Å². The normalized spacial score (nSPS) is 15.4. The number of primary amides is 1. The maximum atomic E-state index is 13.9. The Bertz CT molecular complexity index is 1200. The molecule has 1 aromatic carbocycles. The number of aromatic nitrogens is 2. The van der Waals surface area contributed by atoms with E-state index in [-0.39, 0.29) is 5.83 Å². The van der Waals surface area contributed by atoms with Crippen LogP contribution in [0, 0.1) is 5.82 Å². The molecule has 1 aromatic heterocycles. The van der Waals surface area contributed by atoms with Crippen LogP contribution in [0.5, 0.6) is 0 Å². The lowest BCUT2D eigenvalue weighted by Gasteiger charge is -2.20. The van der Waals surface area contributed by atoms with Crippen LogP contribution in [-0.4, -0.2) is 39.2 Å². The second-order valence-electron chi connectivity index (χ2n) is 8.04. The van der Waals surface area contributed by atoms with Gasteiger partial charge in [-0.05, 0) is 54.8 Å². The summed E-state index contributed by atoms with van der Waals surface area (Å²) in [7, 11) is 0. The van der Waals surface area contributed by atoms with E-state index >= 15 is 0 Å². The molecule has 1 amide bonds. The van der Waals surface area contributed by atoms with Crippen LogP contribution in [0.3, 0.4) is 0 Å². The van der Waals surface area contributed by atoms with Crippen LogP contribution >= 0.6 is 0 Å². The predicted octanol–water partition coefficient (Wildman–Crippen LogP) is 5.51. The topological polar surface area (TPSA) is 113 Å². The largest absolute Gasteiger partial charge is 0.516 e. The first-order valence-electron chi connectivity index (χ1n) is 12.5. The van der Waals surface area contributed by atoms with Gasteiger partial charge in [-0.3, -0.25) is 4.79 Å². The van der Waals surface area contributed by atoms with E-state index in [4.69, 9.17) is 15.9 Å². The van der Waals surface area contributed by atoms with Crippen molar-refractivity contribution in [3.05, 3.63) is 101 Å². The summed E-state index contributed by atoms with van der Waals surface area (Å²) in [5, 5.41) is 17.7. The highest BCUT2D eigenvalue weighted by atomic mass is 19.1. The van der Waals surface area contributed by atoms with Crippen molar-refractivity contribution >= 4 is 23.9 Å². The van der Waals surface area contributed by atoms with Gasteiger partial charge in [0, 0.05) is 25.1 Å². The number of fused-ring (bicyclic) bond motifs is 1. The van der Waals surface area contributed by atoms with Crippen LogP contribution in [-0.2, 0) is 11.2 Å². The molecule has 0 radical (unpaired) electrons. The van der Waals surface area contributed by atoms with Gasteiger partial charge in [0.1, 0.15) is 17.5 Å². The number of carbonyl (C=O) groups excluding carboxylic acids is 1. The Morgan fingerprint density at radius 1 is 1.05 bits per heavy atom. The summed E-state index contributed by atoms with van der Waals surface area (Å²) in [6.45, 7) is 5.88. The summed E-state index contributed by atoms with van der Waals surface area (Å²) in [5.41, 5.74) is 6.75. The maximum Gasteiger partial charge on any atom is 0.250 e. The molecule has 7 nitrogen and oxygen atoms in total. The molecule has 1 unspecified atom stereocenters.